The normalized spacial score (nSPS) is 35.8. The summed E-state index contributed by atoms with van der Waals surface area (Å²) in [7, 11) is 0. The van der Waals surface area contributed by atoms with Crippen LogP contribution in [-0.4, -0.2) is 12.7 Å². The molecule has 0 N–H and O–H groups in total. The van der Waals surface area contributed by atoms with Crippen molar-refractivity contribution in [1.29, 1.82) is 5.26 Å². The summed E-state index contributed by atoms with van der Waals surface area (Å²) in [5, 5.41) is 8.96. The molecule has 0 aliphatic heterocycles. The highest BCUT2D eigenvalue weighted by Crippen LogP contribution is 2.40. The molecular weight excluding hydrogens is 234 g/mol. The van der Waals surface area contributed by atoms with Gasteiger partial charge in [-0.2, -0.15) is 5.26 Å². The average Bonchev–Trinajstić information content (AvgIpc) is 2.48. The highest BCUT2D eigenvalue weighted by Gasteiger charge is 2.30. The first-order chi connectivity index (χ1) is 9.33. The number of unbranched alkanes of at least 4 members (excludes halogenated alkanes) is 1. The van der Waals surface area contributed by atoms with Crippen molar-refractivity contribution in [3.63, 3.8) is 0 Å². The summed E-state index contributed by atoms with van der Waals surface area (Å²) in [6.45, 7) is 3.18. The molecule has 0 aromatic carbocycles. The Balaban J connectivity index is 1.65. The van der Waals surface area contributed by atoms with Gasteiger partial charge >= 0.3 is 0 Å². The quantitative estimate of drug-likeness (QED) is 0.674. The first kappa shape index (κ1) is 14.9. The minimum atomic E-state index is 0.352. The largest absolute Gasteiger partial charge is 0.378 e. The van der Waals surface area contributed by atoms with E-state index in [-0.39, 0.29) is 0 Å². The van der Waals surface area contributed by atoms with Gasteiger partial charge < -0.3 is 4.74 Å². The highest BCUT2D eigenvalue weighted by molar-refractivity contribution is 4.89. The summed E-state index contributed by atoms with van der Waals surface area (Å²) >= 11 is 0. The van der Waals surface area contributed by atoms with E-state index in [9.17, 15) is 0 Å². The first-order valence-electron chi connectivity index (χ1n) is 8.34. The van der Waals surface area contributed by atoms with Crippen molar-refractivity contribution in [3.8, 4) is 6.07 Å². The summed E-state index contributed by atoms with van der Waals surface area (Å²) in [5.74, 6) is 2.18. The molecule has 0 spiro atoms. The van der Waals surface area contributed by atoms with E-state index in [4.69, 9.17) is 10.00 Å². The van der Waals surface area contributed by atoms with Crippen LogP contribution in [0.3, 0.4) is 0 Å². The third kappa shape index (κ3) is 4.49. The number of nitrogens with zero attached hydrogens (tertiary/aromatic N) is 1. The number of nitriles is 1. The maximum atomic E-state index is 8.96. The predicted molar refractivity (Wildman–Crippen MR) is 77.7 cm³/mol. The molecule has 0 unspecified atom stereocenters. The summed E-state index contributed by atoms with van der Waals surface area (Å²) in [6, 6.07) is 2.44. The van der Waals surface area contributed by atoms with Gasteiger partial charge in [0.25, 0.3) is 0 Å². The minimum absolute atomic E-state index is 0.352. The van der Waals surface area contributed by atoms with Crippen molar-refractivity contribution >= 4 is 0 Å². The fourth-order valence-corrected chi connectivity index (χ4v) is 3.84. The van der Waals surface area contributed by atoms with Crippen molar-refractivity contribution in [1.82, 2.24) is 0 Å². The summed E-state index contributed by atoms with van der Waals surface area (Å²) in [4.78, 5) is 0. The lowest BCUT2D eigenvalue weighted by Gasteiger charge is -2.36. The van der Waals surface area contributed by atoms with E-state index in [1.54, 1.807) is 0 Å². The van der Waals surface area contributed by atoms with E-state index < -0.39 is 0 Å². The smallest absolute Gasteiger partial charge is 0.0655 e. The van der Waals surface area contributed by atoms with Crippen molar-refractivity contribution in [2.75, 3.05) is 6.61 Å². The van der Waals surface area contributed by atoms with Crippen LogP contribution in [0.5, 0.6) is 0 Å². The predicted octanol–water partition coefficient (Wildman–Crippen LogP) is 4.69. The van der Waals surface area contributed by atoms with Crippen LogP contribution in [-0.2, 0) is 4.74 Å². The Morgan fingerprint density at radius 3 is 2.05 bits per heavy atom. The van der Waals surface area contributed by atoms with Crippen molar-refractivity contribution in [3.05, 3.63) is 0 Å². The Bertz CT molecular complexity index is 280. The van der Waals surface area contributed by atoms with Gasteiger partial charge in [0, 0.05) is 12.5 Å². The van der Waals surface area contributed by atoms with Gasteiger partial charge in [0.15, 0.2) is 0 Å². The van der Waals surface area contributed by atoms with E-state index in [0.717, 1.165) is 31.3 Å². The highest BCUT2D eigenvalue weighted by atomic mass is 16.5. The third-order valence-electron chi connectivity index (χ3n) is 5.19. The van der Waals surface area contributed by atoms with Crippen LogP contribution in [0.15, 0.2) is 0 Å². The van der Waals surface area contributed by atoms with Crippen LogP contribution in [0, 0.1) is 29.1 Å². The lowest BCUT2D eigenvalue weighted by molar-refractivity contribution is 0.00652. The molecule has 108 valence electrons. The third-order valence-corrected chi connectivity index (χ3v) is 5.19. The van der Waals surface area contributed by atoms with Crippen molar-refractivity contribution < 1.29 is 4.74 Å². The summed E-state index contributed by atoms with van der Waals surface area (Å²) < 4.78 is 5.95. The molecule has 0 atom stereocenters. The average molecular weight is 263 g/mol. The molecule has 2 rings (SSSR count). The van der Waals surface area contributed by atoms with Crippen molar-refractivity contribution in [2.24, 2.45) is 17.8 Å². The molecular formula is C17H29NO. The molecule has 0 amide bonds. The summed E-state index contributed by atoms with van der Waals surface area (Å²) in [5.41, 5.74) is 0. The van der Waals surface area contributed by atoms with Crippen LogP contribution in [0.2, 0.25) is 0 Å². The molecule has 2 aliphatic carbocycles. The van der Waals surface area contributed by atoms with Gasteiger partial charge in [-0.1, -0.05) is 13.3 Å². The molecule has 0 heterocycles. The standard InChI is InChI=1S/C17H29NO/c1-2-3-12-19-17-10-8-16(9-11-17)15-6-4-14(13-18)5-7-15/h14-17H,2-12H2,1H3. The zero-order valence-corrected chi connectivity index (χ0v) is 12.4. The van der Waals surface area contributed by atoms with E-state index in [1.165, 1.54) is 51.4 Å². The number of rotatable bonds is 5. The Kier molecular flexibility index (Phi) is 6.17. The molecule has 0 bridgehead atoms. The monoisotopic (exact) mass is 263 g/mol. The number of hydrogen-bond acceptors (Lipinski definition) is 2. The molecule has 0 aromatic rings. The molecule has 0 radical (unpaired) electrons. The van der Waals surface area contributed by atoms with E-state index in [0.29, 0.717) is 12.0 Å². The summed E-state index contributed by atoms with van der Waals surface area (Å²) in [6.07, 6.45) is 13.1. The van der Waals surface area contributed by atoms with Crippen LogP contribution in [0.25, 0.3) is 0 Å². The second-order valence-corrected chi connectivity index (χ2v) is 6.50. The molecule has 2 fully saturated rings. The number of ether oxygens (including phenoxy) is 1. The fourth-order valence-electron chi connectivity index (χ4n) is 3.84. The fraction of sp³-hybridized carbons (Fsp3) is 0.941. The van der Waals surface area contributed by atoms with E-state index in [2.05, 4.69) is 13.0 Å². The van der Waals surface area contributed by atoms with Crippen LogP contribution in [0.1, 0.15) is 71.1 Å². The van der Waals surface area contributed by atoms with Gasteiger partial charge in [-0.05, 0) is 69.6 Å². The maximum Gasteiger partial charge on any atom is 0.0655 e. The van der Waals surface area contributed by atoms with Gasteiger partial charge in [0.2, 0.25) is 0 Å². The molecule has 19 heavy (non-hydrogen) atoms. The zero-order chi connectivity index (χ0) is 13.5. The van der Waals surface area contributed by atoms with E-state index in [1.807, 2.05) is 0 Å². The van der Waals surface area contributed by atoms with Crippen LogP contribution >= 0.6 is 0 Å². The second-order valence-electron chi connectivity index (χ2n) is 6.50. The van der Waals surface area contributed by atoms with E-state index >= 15 is 0 Å². The zero-order valence-electron chi connectivity index (χ0n) is 12.4. The first-order valence-corrected chi connectivity index (χ1v) is 8.34. The van der Waals surface area contributed by atoms with Crippen LogP contribution < -0.4 is 0 Å². The Morgan fingerprint density at radius 2 is 1.53 bits per heavy atom. The Morgan fingerprint density at radius 1 is 0.947 bits per heavy atom. The van der Waals surface area contributed by atoms with Gasteiger partial charge in [0.05, 0.1) is 12.2 Å². The Hall–Kier alpha value is -0.550. The molecule has 2 aliphatic rings. The molecule has 2 heteroatoms. The van der Waals surface area contributed by atoms with Gasteiger partial charge in [-0.3, -0.25) is 0 Å². The molecule has 2 saturated carbocycles. The maximum absolute atomic E-state index is 8.96. The Labute approximate surface area is 118 Å². The van der Waals surface area contributed by atoms with Gasteiger partial charge in [-0.15, -0.1) is 0 Å². The minimum Gasteiger partial charge on any atom is -0.378 e. The van der Waals surface area contributed by atoms with Crippen molar-refractivity contribution in [2.45, 2.75) is 77.2 Å². The molecule has 2 nitrogen and oxygen atoms in total. The SMILES string of the molecule is CCCCOC1CCC(C2CCC(C#N)CC2)CC1. The second kappa shape index (κ2) is 7.90. The van der Waals surface area contributed by atoms with Gasteiger partial charge in [0.1, 0.15) is 0 Å². The molecule has 0 aromatic heterocycles. The lowest BCUT2D eigenvalue weighted by Crippen LogP contribution is -2.28. The van der Waals surface area contributed by atoms with Gasteiger partial charge in [-0.25, -0.2) is 0 Å². The topological polar surface area (TPSA) is 33.0 Å². The van der Waals surface area contributed by atoms with Crippen LogP contribution in [0.4, 0.5) is 0 Å². The molecule has 0 saturated heterocycles. The lowest BCUT2D eigenvalue weighted by atomic mass is 9.71. The number of hydrogen-bond donors (Lipinski definition) is 0.